The topological polar surface area (TPSA) is 80.4 Å². The molecule has 5 heteroatoms. The molecule has 2 aromatic rings. The van der Waals surface area contributed by atoms with Crippen LogP contribution in [-0.4, -0.2) is 13.0 Å². The fraction of sp³-hybridized carbons (Fsp3) is 0.0909. The van der Waals surface area contributed by atoms with Crippen LogP contribution < -0.4 is 5.73 Å². The van der Waals surface area contributed by atoms with E-state index in [1.807, 2.05) is 6.07 Å². The molecular formula is C11H11NO3S. The number of benzene rings is 2. The van der Waals surface area contributed by atoms with Crippen molar-refractivity contribution in [1.29, 1.82) is 0 Å². The maximum absolute atomic E-state index is 11.0. The van der Waals surface area contributed by atoms with Gasteiger partial charge in [0.05, 0.1) is 4.90 Å². The Morgan fingerprint density at radius 1 is 1.19 bits per heavy atom. The summed E-state index contributed by atoms with van der Waals surface area (Å²) in [5, 5.41) is 1.65. The van der Waals surface area contributed by atoms with Crippen LogP contribution >= 0.6 is 0 Å². The van der Waals surface area contributed by atoms with E-state index in [1.54, 1.807) is 18.2 Å². The third-order valence-corrected chi connectivity index (χ3v) is 3.31. The standard InChI is InChI=1S/C11H11NO3S/c12-7-9-3-1-2-8-6-10(16(13,14)15)4-5-11(8)9/h1-6H,7,12H2,(H,13,14,15). The maximum Gasteiger partial charge on any atom is 0.294 e. The molecule has 0 aliphatic rings. The van der Waals surface area contributed by atoms with Crippen LogP contribution in [0.1, 0.15) is 5.56 Å². The Kier molecular flexibility index (Phi) is 2.67. The summed E-state index contributed by atoms with van der Waals surface area (Å²) in [5.41, 5.74) is 6.52. The highest BCUT2D eigenvalue weighted by atomic mass is 32.2. The minimum Gasteiger partial charge on any atom is -0.326 e. The lowest BCUT2D eigenvalue weighted by Gasteiger charge is -2.05. The molecule has 4 nitrogen and oxygen atoms in total. The number of nitrogens with two attached hydrogens (primary N) is 1. The Hall–Kier alpha value is -1.43. The van der Waals surface area contributed by atoms with E-state index in [1.165, 1.54) is 12.1 Å². The molecule has 0 bridgehead atoms. The van der Waals surface area contributed by atoms with Gasteiger partial charge in [0.1, 0.15) is 0 Å². The van der Waals surface area contributed by atoms with E-state index < -0.39 is 10.1 Å². The van der Waals surface area contributed by atoms with Crippen molar-refractivity contribution in [2.45, 2.75) is 11.4 Å². The van der Waals surface area contributed by atoms with Crippen molar-refractivity contribution in [1.82, 2.24) is 0 Å². The van der Waals surface area contributed by atoms with E-state index in [-0.39, 0.29) is 4.90 Å². The summed E-state index contributed by atoms with van der Waals surface area (Å²) >= 11 is 0. The molecule has 16 heavy (non-hydrogen) atoms. The zero-order valence-electron chi connectivity index (χ0n) is 8.42. The number of hydrogen-bond donors (Lipinski definition) is 2. The van der Waals surface area contributed by atoms with Crippen molar-refractivity contribution in [3.63, 3.8) is 0 Å². The Balaban J connectivity index is 2.74. The summed E-state index contributed by atoms with van der Waals surface area (Å²) in [4.78, 5) is -0.103. The molecule has 0 radical (unpaired) electrons. The van der Waals surface area contributed by atoms with Gasteiger partial charge in [0.2, 0.25) is 0 Å². The molecule has 0 atom stereocenters. The quantitative estimate of drug-likeness (QED) is 0.776. The molecule has 0 saturated carbocycles. The summed E-state index contributed by atoms with van der Waals surface area (Å²) < 4.78 is 30.8. The molecule has 84 valence electrons. The smallest absolute Gasteiger partial charge is 0.294 e. The second kappa shape index (κ2) is 3.86. The van der Waals surface area contributed by atoms with E-state index in [0.717, 1.165) is 16.3 Å². The molecule has 0 fully saturated rings. The highest BCUT2D eigenvalue weighted by Gasteiger charge is 2.10. The molecule has 0 spiro atoms. The van der Waals surface area contributed by atoms with Crippen molar-refractivity contribution in [2.24, 2.45) is 5.73 Å². The summed E-state index contributed by atoms with van der Waals surface area (Å²) in [6.45, 7) is 0.391. The van der Waals surface area contributed by atoms with Gasteiger partial charge in [-0.2, -0.15) is 8.42 Å². The highest BCUT2D eigenvalue weighted by molar-refractivity contribution is 7.85. The van der Waals surface area contributed by atoms with Crippen LogP contribution in [0.5, 0.6) is 0 Å². The fourth-order valence-electron chi connectivity index (χ4n) is 1.67. The van der Waals surface area contributed by atoms with Gasteiger partial charge in [0, 0.05) is 6.54 Å². The van der Waals surface area contributed by atoms with Gasteiger partial charge in [-0.1, -0.05) is 24.3 Å². The van der Waals surface area contributed by atoms with Crippen molar-refractivity contribution in [2.75, 3.05) is 0 Å². The van der Waals surface area contributed by atoms with Gasteiger partial charge >= 0.3 is 0 Å². The lowest BCUT2D eigenvalue weighted by Crippen LogP contribution is -1.99. The van der Waals surface area contributed by atoms with Crippen LogP contribution in [0.25, 0.3) is 10.8 Å². The van der Waals surface area contributed by atoms with Gasteiger partial charge < -0.3 is 5.73 Å². The van der Waals surface area contributed by atoms with Crippen LogP contribution in [0.4, 0.5) is 0 Å². The number of rotatable bonds is 2. The molecule has 0 aromatic heterocycles. The van der Waals surface area contributed by atoms with Gasteiger partial charge in [-0.15, -0.1) is 0 Å². The lowest BCUT2D eigenvalue weighted by molar-refractivity contribution is 0.483. The SMILES string of the molecule is NCc1cccc2cc(S(=O)(=O)O)ccc12. The van der Waals surface area contributed by atoms with Crippen LogP contribution in [0.15, 0.2) is 41.3 Å². The van der Waals surface area contributed by atoms with Crippen LogP contribution in [0, 0.1) is 0 Å². The first kappa shape index (κ1) is 11.1. The number of fused-ring (bicyclic) bond motifs is 1. The van der Waals surface area contributed by atoms with Crippen LogP contribution in [0.3, 0.4) is 0 Å². The van der Waals surface area contributed by atoms with Gasteiger partial charge in [0.25, 0.3) is 10.1 Å². The zero-order valence-corrected chi connectivity index (χ0v) is 9.24. The lowest BCUT2D eigenvalue weighted by atomic mass is 10.1. The third-order valence-electron chi connectivity index (χ3n) is 2.46. The Bertz CT molecular complexity index is 635. The first-order valence-electron chi connectivity index (χ1n) is 4.71. The monoisotopic (exact) mass is 237 g/mol. The van der Waals surface area contributed by atoms with Crippen molar-refractivity contribution < 1.29 is 13.0 Å². The Morgan fingerprint density at radius 3 is 2.56 bits per heavy atom. The first-order valence-corrected chi connectivity index (χ1v) is 6.15. The first-order chi connectivity index (χ1) is 7.52. The summed E-state index contributed by atoms with van der Waals surface area (Å²) in [5.74, 6) is 0. The molecule has 0 aliphatic heterocycles. The van der Waals surface area contributed by atoms with Gasteiger partial charge in [-0.05, 0) is 28.5 Å². The minimum absolute atomic E-state index is 0.103. The van der Waals surface area contributed by atoms with Gasteiger partial charge in [-0.25, -0.2) is 0 Å². The molecule has 0 aliphatic carbocycles. The summed E-state index contributed by atoms with van der Waals surface area (Å²) in [6.07, 6.45) is 0. The van der Waals surface area contributed by atoms with Crippen molar-refractivity contribution in [3.05, 3.63) is 42.0 Å². The van der Waals surface area contributed by atoms with E-state index in [0.29, 0.717) is 6.54 Å². The van der Waals surface area contributed by atoms with Gasteiger partial charge in [0.15, 0.2) is 0 Å². The highest BCUT2D eigenvalue weighted by Crippen LogP contribution is 2.22. The van der Waals surface area contributed by atoms with Crippen LogP contribution in [0.2, 0.25) is 0 Å². The Morgan fingerprint density at radius 2 is 1.94 bits per heavy atom. The van der Waals surface area contributed by atoms with Gasteiger partial charge in [-0.3, -0.25) is 4.55 Å². The summed E-state index contributed by atoms with van der Waals surface area (Å²) in [6, 6.07) is 9.93. The predicted octanol–water partition coefficient (Wildman–Crippen LogP) is 1.55. The van der Waals surface area contributed by atoms with E-state index in [2.05, 4.69) is 0 Å². The van der Waals surface area contributed by atoms with E-state index in [9.17, 15) is 8.42 Å². The second-order valence-corrected chi connectivity index (χ2v) is 4.90. The third kappa shape index (κ3) is 1.92. The molecule has 0 unspecified atom stereocenters. The molecular weight excluding hydrogens is 226 g/mol. The predicted molar refractivity (Wildman–Crippen MR) is 61.7 cm³/mol. The van der Waals surface area contributed by atoms with Crippen molar-refractivity contribution >= 4 is 20.9 Å². The van der Waals surface area contributed by atoms with E-state index in [4.69, 9.17) is 10.3 Å². The molecule has 2 rings (SSSR count). The molecule has 2 aromatic carbocycles. The average molecular weight is 237 g/mol. The minimum atomic E-state index is -4.15. The summed E-state index contributed by atoms with van der Waals surface area (Å²) in [7, 11) is -4.15. The van der Waals surface area contributed by atoms with Crippen LogP contribution in [-0.2, 0) is 16.7 Å². The average Bonchev–Trinajstić information content (AvgIpc) is 2.26. The van der Waals surface area contributed by atoms with E-state index >= 15 is 0 Å². The molecule has 0 heterocycles. The fourth-order valence-corrected chi connectivity index (χ4v) is 2.18. The molecule has 3 N–H and O–H groups in total. The van der Waals surface area contributed by atoms with Crippen molar-refractivity contribution in [3.8, 4) is 0 Å². The molecule has 0 saturated heterocycles. The Labute approximate surface area is 93.4 Å². The normalized spacial score (nSPS) is 11.9. The number of hydrogen-bond acceptors (Lipinski definition) is 3. The second-order valence-electron chi connectivity index (χ2n) is 3.48. The zero-order chi connectivity index (χ0) is 11.8. The molecule has 0 amide bonds. The maximum atomic E-state index is 11.0. The largest absolute Gasteiger partial charge is 0.326 e.